The molecule has 0 saturated heterocycles. The van der Waals surface area contributed by atoms with E-state index in [1.54, 1.807) is 36.8 Å². The van der Waals surface area contributed by atoms with E-state index in [1.807, 2.05) is 10.8 Å². The number of imidazole rings is 1. The standard InChI is InChI=1S/C17H16ClN5O3/c18-13-4-1-2-5-14(13)23-16(25)12(15(24)21-17(23)26)10-19-6-3-8-22-9-7-20-11-22/h1-2,4-5,7,9-11,25H,3,6,8H2,(H,21,24,26). The van der Waals surface area contributed by atoms with Crippen molar-refractivity contribution in [3.63, 3.8) is 0 Å². The van der Waals surface area contributed by atoms with Crippen molar-refractivity contribution in [2.45, 2.75) is 13.0 Å². The summed E-state index contributed by atoms with van der Waals surface area (Å²) in [7, 11) is 0. The minimum atomic E-state index is -0.780. The van der Waals surface area contributed by atoms with Gasteiger partial charge in [0.05, 0.1) is 17.0 Å². The van der Waals surface area contributed by atoms with Gasteiger partial charge in [-0.2, -0.15) is 0 Å². The number of aromatic nitrogens is 4. The Bertz CT molecular complexity index is 1040. The van der Waals surface area contributed by atoms with E-state index in [2.05, 4.69) is 15.0 Å². The summed E-state index contributed by atoms with van der Waals surface area (Å²) in [6.45, 7) is 1.18. The molecule has 2 N–H and O–H groups in total. The zero-order chi connectivity index (χ0) is 18.5. The van der Waals surface area contributed by atoms with Gasteiger partial charge in [0.2, 0.25) is 5.88 Å². The predicted molar refractivity (Wildman–Crippen MR) is 98.6 cm³/mol. The lowest BCUT2D eigenvalue weighted by Crippen LogP contribution is -2.31. The fourth-order valence-electron chi connectivity index (χ4n) is 2.43. The molecule has 2 heterocycles. The Kier molecular flexibility index (Phi) is 5.33. The molecule has 0 radical (unpaired) electrons. The fourth-order valence-corrected chi connectivity index (χ4v) is 2.65. The number of hydrogen-bond acceptors (Lipinski definition) is 5. The lowest BCUT2D eigenvalue weighted by Gasteiger charge is -2.10. The van der Waals surface area contributed by atoms with Crippen LogP contribution < -0.4 is 11.2 Å². The molecule has 0 aliphatic carbocycles. The van der Waals surface area contributed by atoms with E-state index in [1.165, 1.54) is 6.21 Å². The van der Waals surface area contributed by atoms with E-state index in [9.17, 15) is 14.7 Å². The van der Waals surface area contributed by atoms with Crippen LogP contribution in [0.1, 0.15) is 12.0 Å². The quantitative estimate of drug-likeness (QED) is 0.505. The number of nitrogens with one attached hydrogen (secondary N) is 1. The molecule has 134 valence electrons. The fraction of sp³-hybridized carbons (Fsp3) is 0.176. The third kappa shape index (κ3) is 3.75. The van der Waals surface area contributed by atoms with Crippen LogP contribution in [0.4, 0.5) is 0 Å². The molecule has 26 heavy (non-hydrogen) atoms. The van der Waals surface area contributed by atoms with Crippen LogP contribution in [0.5, 0.6) is 5.88 Å². The first-order valence-corrected chi connectivity index (χ1v) is 8.24. The second kappa shape index (κ2) is 7.83. The van der Waals surface area contributed by atoms with Gasteiger partial charge >= 0.3 is 5.69 Å². The molecule has 3 aromatic rings. The van der Waals surface area contributed by atoms with Gasteiger partial charge in [0.15, 0.2) is 0 Å². The number of para-hydroxylation sites is 1. The third-order valence-corrected chi connectivity index (χ3v) is 4.02. The molecule has 0 spiro atoms. The monoisotopic (exact) mass is 373 g/mol. The molecule has 3 rings (SSSR count). The van der Waals surface area contributed by atoms with Crippen molar-refractivity contribution in [1.29, 1.82) is 0 Å². The van der Waals surface area contributed by atoms with Crippen molar-refractivity contribution < 1.29 is 5.11 Å². The Morgan fingerprint density at radius 3 is 2.85 bits per heavy atom. The maximum atomic E-state index is 12.1. The summed E-state index contributed by atoms with van der Waals surface area (Å²) in [4.78, 5) is 34.4. The molecule has 9 heteroatoms. The molecule has 0 amide bonds. The summed E-state index contributed by atoms with van der Waals surface area (Å²) in [5.41, 5.74) is -1.33. The second-order valence-electron chi connectivity index (χ2n) is 5.47. The van der Waals surface area contributed by atoms with Crippen LogP contribution in [-0.2, 0) is 6.54 Å². The van der Waals surface area contributed by atoms with Crippen molar-refractivity contribution in [2.75, 3.05) is 6.54 Å². The molecular weight excluding hydrogens is 358 g/mol. The Labute approximate surface area is 153 Å². The first-order valence-electron chi connectivity index (χ1n) is 7.86. The lowest BCUT2D eigenvalue weighted by molar-refractivity contribution is 0.430. The lowest BCUT2D eigenvalue weighted by atomic mass is 10.3. The van der Waals surface area contributed by atoms with Gasteiger partial charge in [-0.15, -0.1) is 0 Å². The molecule has 1 aromatic carbocycles. The molecule has 0 fully saturated rings. The summed E-state index contributed by atoms with van der Waals surface area (Å²) in [5, 5.41) is 10.7. The number of benzene rings is 1. The van der Waals surface area contributed by atoms with Crippen molar-refractivity contribution in [2.24, 2.45) is 4.99 Å². The van der Waals surface area contributed by atoms with Crippen LogP contribution in [0, 0.1) is 0 Å². The summed E-state index contributed by atoms with van der Waals surface area (Å²) in [6, 6.07) is 6.51. The SMILES string of the molecule is O=c1[nH]c(=O)n(-c2ccccc2Cl)c(O)c1C=NCCCn1ccnc1. The highest BCUT2D eigenvalue weighted by Gasteiger charge is 2.15. The molecule has 0 aliphatic heterocycles. The molecule has 8 nitrogen and oxygen atoms in total. The van der Waals surface area contributed by atoms with E-state index in [4.69, 9.17) is 11.6 Å². The van der Waals surface area contributed by atoms with Crippen molar-refractivity contribution >= 4 is 17.8 Å². The van der Waals surface area contributed by atoms with Crippen molar-refractivity contribution in [1.82, 2.24) is 19.1 Å². The van der Waals surface area contributed by atoms with E-state index < -0.39 is 17.1 Å². The van der Waals surface area contributed by atoms with Gasteiger partial charge in [-0.25, -0.2) is 14.3 Å². The third-order valence-electron chi connectivity index (χ3n) is 3.70. The molecule has 0 atom stereocenters. The maximum absolute atomic E-state index is 12.1. The number of halogens is 1. The van der Waals surface area contributed by atoms with E-state index in [0.29, 0.717) is 6.54 Å². The highest BCUT2D eigenvalue weighted by atomic mass is 35.5. The van der Waals surface area contributed by atoms with Gasteiger partial charge in [0.25, 0.3) is 5.56 Å². The zero-order valence-electron chi connectivity index (χ0n) is 13.7. The number of aryl methyl sites for hydroxylation is 1. The Morgan fingerprint density at radius 1 is 1.31 bits per heavy atom. The molecule has 0 saturated carbocycles. The highest BCUT2D eigenvalue weighted by Crippen LogP contribution is 2.22. The van der Waals surface area contributed by atoms with Gasteiger partial charge in [0, 0.05) is 31.7 Å². The second-order valence-corrected chi connectivity index (χ2v) is 5.88. The number of nitrogens with zero attached hydrogens (tertiary/aromatic N) is 4. The number of aromatic amines is 1. The van der Waals surface area contributed by atoms with Crippen molar-refractivity contribution in [3.05, 3.63) is 74.4 Å². The normalized spacial score (nSPS) is 11.3. The van der Waals surface area contributed by atoms with Gasteiger partial charge < -0.3 is 9.67 Å². The highest BCUT2D eigenvalue weighted by molar-refractivity contribution is 6.32. The Hall–Kier alpha value is -3.13. The van der Waals surface area contributed by atoms with Crippen LogP contribution in [-0.4, -0.2) is 37.0 Å². The van der Waals surface area contributed by atoms with Crippen LogP contribution in [0.3, 0.4) is 0 Å². The van der Waals surface area contributed by atoms with Gasteiger partial charge in [-0.05, 0) is 18.6 Å². The Balaban J connectivity index is 1.84. The zero-order valence-corrected chi connectivity index (χ0v) is 14.4. The predicted octanol–water partition coefficient (Wildman–Crippen LogP) is 1.59. The largest absolute Gasteiger partial charge is 0.493 e. The summed E-state index contributed by atoms with van der Waals surface area (Å²) in [5.74, 6) is -0.509. The van der Waals surface area contributed by atoms with Gasteiger partial charge in [-0.1, -0.05) is 23.7 Å². The van der Waals surface area contributed by atoms with Crippen LogP contribution in [0.15, 0.2) is 57.6 Å². The number of hydrogen-bond donors (Lipinski definition) is 2. The van der Waals surface area contributed by atoms with Gasteiger partial charge in [0.1, 0.15) is 5.56 Å². The summed E-state index contributed by atoms with van der Waals surface area (Å²) in [6.07, 6.45) is 7.24. The van der Waals surface area contributed by atoms with E-state index >= 15 is 0 Å². The minimum Gasteiger partial charge on any atom is -0.493 e. The number of rotatable bonds is 6. The minimum absolute atomic E-state index is 0.104. The van der Waals surface area contributed by atoms with E-state index in [-0.39, 0.29) is 16.3 Å². The molecule has 0 unspecified atom stereocenters. The number of aromatic hydroxyl groups is 1. The smallest absolute Gasteiger partial charge is 0.335 e. The number of H-pyrrole nitrogens is 1. The molecular formula is C17H16ClN5O3. The summed E-state index contributed by atoms with van der Waals surface area (Å²) >= 11 is 6.09. The van der Waals surface area contributed by atoms with Crippen LogP contribution in [0.25, 0.3) is 5.69 Å². The first kappa shape index (κ1) is 17.7. The molecule has 2 aromatic heterocycles. The topological polar surface area (TPSA) is 105 Å². The molecule has 0 aliphatic rings. The van der Waals surface area contributed by atoms with Crippen LogP contribution in [0.2, 0.25) is 5.02 Å². The van der Waals surface area contributed by atoms with Gasteiger partial charge in [-0.3, -0.25) is 14.8 Å². The Morgan fingerprint density at radius 2 is 2.12 bits per heavy atom. The average molecular weight is 374 g/mol. The van der Waals surface area contributed by atoms with Crippen LogP contribution >= 0.6 is 11.6 Å². The number of aliphatic imine (C=N–C) groups is 1. The maximum Gasteiger partial charge on any atom is 0.335 e. The van der Waals surface area contributed by atoms with Crippen molar-refractivity contribution in [3.8, 4) is 11.6 Å². The molecule has 0 bridgehead atoms. The van der Waals surface area contributed by atoms with E-state index in [0.717, 1.165) is 17.5 Å². The first-order chi connectivity index (χ1) is 12.6. The summed E-state index contributed by atoms with van der Waals surface area (Å²) < 4.78 is 2.86. The average Bonchev–Trinajstić information content (AvgIpc) is 3.12.